The van der Waals surface area contributed by atoms with E-state index in [1.165, 1.54) is 14.0 Å². The summed E-state index contributed by atoms with van der Waals surface area (Å²) in [5.74, 6) is -2.24. The number of aromatic nitrogens is 2. The van der Waals surface area contributed by atoms with Crippen molar-refractivity contribution in [3.05, 3.63) is 205 Å². The number of nitrogens with one attached hydrogen (secondary N) is 4. The molecule has 4 N–H and O–H groups in total. The number of allylic oxidation sites excluding steroid dienone is 3. The molecule has 1 radical (unpaired) electrons. The summed E-state index contributed by atoms with van der Waals surface area (Å²) in [6, 6.07) is 32.1. The third-order valence-corrected chi connectivity index (χ3v) is 380. The van der Waals surface area contributed by atoms with E-state index in [1.54, 1.807) is 0 Å². The Morgan fingerprint density at radius 3 is 1.29 bits per heavy atom. The number of hydrogen-bond donors (Lipinski definition) is 4. The van der Waals surface area contributed by atoms with E-state index in [2.05, 4.69) is 147 Å². The van der Waals surface area contributed by atoms with Crippen molar-refractivity contribution in [3.8, 4) is 0 Å². The second kappa shape index (κ2) is 23.7. The summed E-state index contributed by atoms with van der Waals surface area (Å²) in [6.45, 7) is 45.1. The van der Waals surface area contributed by atoms with Crippen molar-refractivity contribution in [2.45, 2.75) is 166 Å². The SMILES string of the molecule is CC(C)C(=O)Nc1cccc(NC(=O)C(C)C)c1C1=C2C=CC([N-]2)C(c2cc(C(C)(C)C)cc(C(C)(C)C)c2)=c2ccc([n-]2)=C(c2c(NC(=O)C(C)C)cccc2NC(=O)C(C)C)C2=NC(=C(c3cc(C(C)(C)C)cc(C(C)(C)C)c3)c3ccc1[n-]3)C=C2.P1P2P3P145PP1P246PP3156.[Co+3].[Co]. The van der Waals surface area contributed by atoms with E-state index in [0.717, 1.165) is 51.5 Å². The molecule has 13 aliphatic heterocycles. The molecule has 10 saturated heterocycles. The van der Waals surface area contributed by atoms with Crippen LogP contribution in [0.2, 0.25) is 0 Å². The van der Waals surface area contributed by atoms with Crippen LogP contribution >= 0.6 is 60.0 Å². The zero-order chi connectivity index (χ0) is 69.5. The fourth-order valence-electron chi connectivity index (χ4n) is 15.2. The molecule has 13 bridgehead atoms. The number of aliphatic imine (C=N–C) groups is 1. The zero-order valence-corrected chi connectivity index (χ0v) is 70.7. The van der Waals surface area contributed by atoms with Crippen LogP contribution in [0.25, 0.3) is 27.6 Å². The molecule has 12 nitrogen and oxygen atoms in total. The molecule has 15 heterocycles. The second-order valence-electron chi connectivity index (χ2n) is 33.1. The van der Waals surface area contributed by atoms with Crippen LogP contribution in [-0.4, -0.2) is 35.4 Å². The van der Waals surface area contributed by atoms with E-state index >= 15 is 0 Å². The van der Waals surface area contributed by atoms with Crippen LogP contribution in [0.1, 0.15) is 194 Å². The molecular weight excluding hydrogens is 1490 g/mol. The summed E-state index contributed by atoms with van der Waals surface area (Å²) in [7, 11) is 5.70. The molecule has 10 fully saturated rings. The van der Waals surface area contributed by atoms with Crippen molar-refractivity contribution in [1.82, 2.24) is 9.97 Å². The number of nitrogens with zero attached hydrogens (tertiary/aromatic N) is 4. The molecule has 19 rings (SSSR count). The van der Waals surface area contributed by atoms with Crippen molar-refractivity contribution < 1.29 is 52.7 Å². The van der Waals surface area contributed by atoms with Crippen molar-refractivity contribution in [3.63, 3.8) is 0 Å². The van der Waals surface area contributed by atoms with Gasteiger partial charge in [0.25, 0.3) is 0 Å². The van der Waals surface area contributed by atoms with Gasteiger partial charge in [-0.15, -0.1) is 27.8 Å². The number of benzene rings is 4. The Hall–Kier alpha value is -3.63. The van der Waals surface area contributed by atoms with Gasteiger partial charge in [0, 0.05) is 51.6 Å². The van der Waals surface area contributed by atoms with Gasteiger partial charge in [-0.1, -0.05) is 235 Å². The monoisotopic (exact) mass is 1580 g/mol. The number of rotatable bonds is 12. The first kappa shape index (κ1) is 73.7. The largest absolute Gasteiger partial charge is 3.00 e. The summed E-state index contributed by atoms with van der Waals surface area (Å²) in [4.78, 5) is 73.1. The van der Waals surface area contributed by atoms with Gasteiger partial charge >= 0.3 is 76.8 Å². The molecule has 3 spiro atoms. The van der Waals surface area contributed by atoms with Gasteiger partial charge in [0.2, 0.25) is 23.6 Å². The van der Waals surface area contributed by atoms with Crippen LogP contribution in [0.15, 0.2) is 138 Å². The Morgan fingerprint density at radius 2 is 0.929 bits per heavy atom. The average Bonchev–Trinajstić information content (AvgIpc) is 1.16. The number of carbonyl (C=O) groups excluding carboxylic acids is 4. The smallest absolute Gasteiger partial charge is 0 e. The van der Waals surface area contributed by atoms with Gasteiger partial charge in [-0.05, 0) is 108 Å². The summed E-state index contributed by atoms with van der Waals surface area (Å²) >= 11 is 0. The first-order valence-corrected chi connectivity index (χ1v) is 59.4. The fraction of sp³-hybridized carbons (Fsp3) is 0.382. The Bertz CT molecular complexity index is 4730. The van der Waals surface area contributed by atoms with Gasteiger partial charge in [0.1, 0.15) is 0 Å². The second-order valence-corrected chi connectivity index (χ2v) is 137. The summed E-state index contributed by atoms with van der Waals surface area (Å²) in [6.07, 6.45) is 8.13. The zero-order valence-electron chi connectivity index (χ0n) is 60.2. The molecule has 4 amide bonds. The van der Waals surface area contributed by atoms with Crippen LogP contribution in [-0.2, 0) is 74.4 Å². The van der Waals surface area contributed by atoms with Gasteiger partial charge in [0.15, 0.2) is 0 Å². The van der Waals surface area contributed by atoms with Gasteiger partial charge in [-0.2, -0.15) is 0 Å². The standard InChI is InChI=1S/C76H92N8O4.2Co.H3P9/c1-41(2)69(85)81-51-23-21-24-52(82-70(86)42(3)4)65(51)67-59-31-27-55(77-59)63(45-35-47(73(9,10)11)39-48(36-45)74(12,13)14)57-29-33-61(79-57)68(66-53(83-71(87)43(5)6)25-22-26-54(66)84-72(88)44(7)8)62-34-30-58(80-62)64(56-28-32-60(67)78-56)46-37-49(75(15,16)17)40-50(38-46)76(18,19)20;;;1-4-6-7(1)2-5-8(4,7)3-9(5,6,7)8/h21-44,55H,1-20H3,(H7,77,78,79,80,81,82,83,84,85,86,87,88);;;1-3H/q;;+3;/p-3. The molecule has 7 unspecified atom stereocenters. The van der Waals surface area contributed by atoms with E-state index < -0.39 is 6.04 Å². The summed E-state index contributed by atoms with van der Waals surface area (Å²) in [5.41, 5.74) is 14.2. The normalized spacial score (nSPS) is 24.5. The molecule has 4 aromatic carbocycles. The molecule has 23 heteroatoms. The van der Waals surface area contributed by atoms with Crippen LogP contribution in [0.4, 0.5) is 22.7 Å². The van der Waals surface area contributed by atoms with Crippen LogP contribution in [0, 0.1) is 23.7 Å². The maximum atomic E-state index is 14.0. The van der Waals surface area contributed by atoms with Crippen molar-refractivity contribution in [1.29, 1.82) is 0 Å². The van der Waals surface area contributed by atoms with Gasteiger partial charge in [-0.3, -0.25) is 19.2 Å². The first-order valence-electron chi connectivity index (χ1n) is 34.2. The summed E-state index contributed by atoms with van der Waals surface area (Å²) in [5, 5.41) is 20.0. The molecule has 0 aliphatic carbocycles. The Balaban J connectivity index is 0.000000705. The maximum Gasteiger partial charge on any atom is 3.00 e. The van der Waals surface area contributed by atoms with E-state index in [0.29, 0.717) is 84.2 Å². The molecule has 523 valence electrons. The predicted octanol–water partition coefficient (Wildman–Crippen LogP) is 22.1. The number of anilines is 4. The minimum Gasteiger partial charge on any atom is 0 e. The fourth-order valence-corrected chi connectivity index (χ4v) is 1020. The van der Waals surface area contributed by atoms with Crippen molar-refractivity contribution >= 4 is 134 Å². The molecule has 0 saturated carbocycles. The number of fused-ring (bicyclic) bond motifs is 7. The summed E-state index contributed by atoms with van der Waals surface area (Å²) < 4.78 is 0. The average molecular weight is 1580 g/mol. The van der Waals surface area contributed by atoms with Gasteiger partial charge in [0.05, 0.1) is 34.2 Å². The molecule has 2 aromatic heterocycles. The predicted molar refractivity (Wildman–Crippen MR) is 430 cm³/mol. The van der Waals surface area contributed by atoms with E-state index in [9.17, 15) is 19.2 Å². The van der Waals surface area contributed by atoms with Gasteiger partial charge < -0.3 is 36.6 Å². The van der Waals surface area contributed by atoms with Crippen molar-refractivity contribution in [2.24, 2.45) is 28.7 Å². The molecular formula is C76H92Co2N8O4P9. The van der Waals surface area contributed by atoms with Gasteiger partial charge in [-0.25, -0.2) is 4.99 Å². The molecule has 99 heavy (non-hydrogen) atoms. The maximum absolute atomic E-state index is 14.0. The van der Waals surface area contributed by atoms with Crippen LogP contribution in [0.5, 0.6) is 0 Å². The number of carbonyl (C=O) groups is 4. The Kier molecular flexibility index (Phi) is 17.6. The third kappa shape index (κ3) is 9.42. The number of hydrogen-bond acceptors (Lipinski definition) is 5. The molecule has 13 aliphatic rings. The third-order valence-electron chi connectivity index (χ3n) is 21.2. The Morgan fingerprint density at radius 1 is 0.505 bits per heavy atom. The topological polar surface area (TPSA) is 171 Å². The van der Waals surface area contributed by atoms with Crippen LogP contribution in [0.3, 0.4) is 0 Å². The van der Waals surface area contributed by atoms with E-state index in [4.69, 9.17) is 20.3 Å². The quantitative estimate of drug-likeness (QED) is 0.0889. The molecule has 7 atom stereocenters. The minimum absolute atomic E-state index is 0. The van der Waals surface area contributed by atoms with E-state index in [-0.39, 0.29) is 118 Å². The molecule has 6 aromatic rings. The number of amides is 4. The minimum atomic E-state index is -0.632. The van der Waals surface area contributed by atoms with Crippen LogP contribution < -0.4 is 41.9 Å². The van der Waals surface area contributed by atoms with Crippen molar-refractivity contribution in [2.75, 3.05) is 21.3 Å². The van der Waals surface area contributed by atoms with E-state index in [1.807, 2.05) is 158 Å². The first-order chi connectivity index (χ1) is 45.4. The Labute approximate surface area is 613 Å².